The molecule has 0 heterocycles. The Bertz CT molecular complexity index is 960. The molecule has 168 valence electrons. The van der Waals surface area contributed by atoms with Crippen LogP contribution in [0.1, 0.15) is 15.9 Å². The summed E-state index contributed by atoms with van der Waals surface area (Å²) in [5.74, 6) is -0.688. The summed E-state index contributed by atoms with van der Waals surface area (Å²) in [6.07, 6.45) is 0. The van der Waals surface area contributed by atoms with Gasteiger partial charge in [-0.2, -0.15) is 0 Å². The predicted octanol–water partition coefficient (Wildman–Crippen LogP) is 3.53. The van der Waals surface area contributed by atoms with Crippen LogP contribution in [0.15, 0.2) is 53.6 Å². The number of amides is 2. The van der Waals surface area contributed by atoms with Crippen molar-refractivity contribution >= 4 is 44.9 Å². The lowest BCUT2D eigenvalue weighted by Gasteiger charge is -2.08. The summed E-state index contributed by atoms with van der Waals surface area (Å²) >= 11 is 3.07. The standard InChI is InChI=1S/C21H22BrN5O5/c22-13-19(28)25-17-5-1-15(2-6-17)21(30)16-3-7-18(8-4-16)26-20(29)14-32-12-11-31-10-9-24-27-23/h1-8H,9-14H2,(H,25,28)(H,26,29). The molecule has 2 rings (SSSR count). The average Bonchev–Trinajstić information content (AvgIpc) is 2.81. The summed E-state index contributed by atoms with van der Waals surface area (Å²) in [4.78, 5) is 38.5. The molecule has 2 N–H and O–H groups in total. The van der Waals surface area contributed by atoms with Gasteiger partial charge in [0.2, 0.25) is 11.8 Å². The molecule has 0 fully saturated rings. The summed E-state index contributed by atoms with van der Waals surface area (Å²) in [5, 5.41) is 8.89. The van der Waals surface area contributed by atoms with Gasteiger partial charge in [-0.05, 0) is 54.1 Å². The number of hydrogen-bond acceptors (Lipinski definition) is 6. The van der Waals surface area contributed by atoms with Crippen LogP contribution in [0.3, 0.4) is 0 Å². The molecular weight excluding hydrogens is 482 g/mol. The van der Waals surface area contributed by atoms with E-state index in [0.717, 1.165) is 0 Å². The lowest BCUT2D eigenvalue weighted by atomic mass is 10.0. The third kappa shape index (κ3) is 8.86. The van der Waals surface area contributed by atoms with Gasteiger partial charge in [0, 0.05) is 34.0 Å². The fourth-order valence-corrected chi connectivity index (χ4v) is 2.64. The van der Waals surface area contributed by atoms with Crippen molar-refractivity contribution in [2.24, 2.45) is 5.11 Å². The molecule has 0 atom stereocenters. The minimum absolute atomic E-state index is 0.141. The maximum absolute atomic E-state index is 12.6. The Morgan fingerprint density at radius 3 is 1.91 bits per heavy atom. The van der Waals surface area contributed by atoms with Crippen LogP contribution in [0.25, 0.3) is 10.4 Å². The highest BCUT2D eigenvalue weighted by Gasteiger charge is 2.10. The zero-order chi connectivity index (χ0) is 23.2. The van der Waals surface area contributed by atoms with Crippen molar-refractivity contribution in [2.75, 3.05) is 48.9 Å². The van der Waals surface area contributed by atoms with E-state index in [-0.39, 0.29) is 49.3 Å². The van der Waals surface area contributed by atoms with Crippen molar-refractivity contribution in [1.29, 1.82) is 0 Å². The lowest BCUT2D eigenvalue weighted by Crippen LogP contribution is -2.20. The quantitative estimate of drug-likeness (QED) is 0.107. The van der Waals surface area contributed by atoms with E-state index in [9.17, 15) is 14.4 Å². The molecule has 11 heteroatoms. The fraction of sp³-hybridized carbons (Fsp3) is 0.286. The SMILES string of the molecule is [N-]=[N+]=NCCOCCOCC(=O)Nc1ccc(C(=O)c2ccc(NC(=O)CBr)cc2)cc1. The minimum Gasteiger partial charge on any atom is -0.379 e. The van der Waals surface area contributed by atoms with Crippen LogP contribution in [0.4, 0.5) is 11.4 Å². The molecule has 2 aromatic rings. The molecule has 0 aliphatic heterocycles. The Labute approximate surface area is 193 Å². The Kier molecular flexibility index (Phi) is 10.9. The Morgan fingerprint density at radius 2 is 1.38 bits per heavy atom. The van der Waals surface area contributed by atoms with Crippen LogP contribution >= 0.6 is 15.9 Å². The van der Waals surface area contributed by atoms with E-state index < -0.39 is 0 Å². The number of ether oxygens (including phenoxy) is 2. The van der Waals surface area contributed by atoms with Crippen LogP contribution in [0.5, 0.6) is 0 Å². The van der Waals surface area contributed by atoms with Crippen LogP contribution in [-0.4, -0.2) is 55.9 Å². The Hall–Kier alpha value is -3.24. The molecule has 0 spiro atoms. The highest BCUT2D eigenvalue weighted by atomic mass is 79.9. The number of carbonyl (C=O) groups is 3. The predicted molar refractivity (Wildman–Crippen MR) is 123 cm³/mol. The van der Waals surface area contributed by atoms with Crippen molar-refractivity contribution in [2.45, 2.75) is 0 Å². The summed E-state index contributed by atoms with van der Waals surface area (Å²) in [7, 11) is 0. The van der Waals surface area contributed by atoms with Crippen molar-refractivity contribution in [3.8, 4) is 0 Å². The van der Waals surface area contributed by atoms with Gasteiger partial charge in [-0.15, -0.1) is 0 Å². The van der Waals surface area contributed by atoms with Gasteiger partial charge < -0.3 is 20.1 Å². The number of nitrogens with zero attached hydrogens (tertiary/aromatic N) is 3. The van der Waals surface area contributed by atoms with Gasteiger partial charge in [-0.3, -0.25) is 14.4 Å². The molecule has 0 saturated heterocycles. The van der Waals surface area contributed by atoms with Crippen LogP contribution < -0.4 is 10.6 Å². The van der Waals surface area contributed by atoms with Gasteiger partial charge >= 0.3 is 0 Å². The van der Waals surface area contributed by atoms with Crippen molar-refractivity contribution in [3.63, 3.8) is 0 Å². The number of nitrogens with one attached hydrogen (secondary N) is 2. The van der Waals surface area contributed by atoms with Gasteiger partial charge in [0.15, 0.2) is 5.78 Å². The van der Waals surface area contributed by atoms with E-state index in [1.54, 1.807) is 48.5 Å². The molecule has 0 aliphatic rings. The maximum Gasteiger partial charge on any atom is 0.250 e. The molecule has 2 aromatic carbocycles. The first kappa shape index (κ1) is 25.0. The average molecular weight is 504 g/mol. The van der Waals surface area contributed by atoms with Gasteiger partial charge in [0.25, 0.3) is 0 Å². The van der Waals surface area contributed by atoms with Crippen molar-refractivity contribution in [1.82, 2.24) is 0 Å². The van der Waals surface area contributed by atoms with Gasteiger partial charge in [0.05, 0.1) is 25.2 Å². The molecule has 10 nitrogen and oxygen atoms in total. The topological polar surface area (TPSA) is 142 Å². The monoisotopic (exact) mass is 503 g/mol. The molecule has 0 bridgehead atoms. The molecule has 0 unspecified atom stereocenters. The van der Waals surface area contributed by atoms with E-state index in [1.807, 2.05) is 0 Å². The second kappa shape index (κ2) is 13.9. The minimum atomic E-state index is -0.334. The van der Waals surface area contributed by atoms with Gasteiger partial charge in [-0.25, -0.2) is 0 Å². The van der Waals surface area contributed by atoms with Crippen molar-refractivity contribution in [3.05, 3.63) is 70.1 Å². The van der Waals surface area contributed by atoms with E-state index in [0.29, 0.717) is 29.1 Å². The second-order valence-electron chi connectivity index (χ2n) is 6.33. The zero-order valence-electron chi connectivity index (χ0n) is 17.1. The number of hydrogen-bond donors (Lipinski definition) is 2. The van der Waals surface area contributed by atoms with Crippen LogP contribution in [0.2, 0.25) is 0 Å². The highest BCUT2D eigenvalue weighted by Crippen LogP contribution is 2.16. The van der Waals surface area contributed by atoms with E-state index in [2.05, 4.69) is 36.6 Å². The number of halogens is 1. The molecule has 0 radical (unpaired) electrons. The summed E-state index contributed by atoms with van der Waals surface area (Å²) in [6.45, 7) is 0.919. The van der Waals surface area contributed by atoms with E-state index in [1.165, 1.54) is 0 Å². The Morgan fingerprint density at radius 1 is 0.844 bits per heavy atom. The first-order valence-corrected chi connectivity index (χ1v) is 10.7. The number of benzene rings is 2. The van der Waals surface area contributed by atoms with E-state index >= 15 is 0 Å². The number of rotatable bonds is 13. The highest BCUT2D eigenvalue weighted by molar-refractivity contribution is 9.09. The number of azide groups is 1. The van der Waals surface area contributed by atoms with Crippen LogP contribution in [0, 0.1) is 0 Å². The molecule has 0 aliphatic carbocycles. The van der Waals surface area contributed by atoms with Crippen molar-refractivity contribution < 1.29 is 23.9 Å². The fourth-order valence-electron chi connectivity index (χ4n) is 2.50. The molecule has 0 saturated carbocycles. The first-order valence-electron chi connectivity index (χ1n) is 9.60. The van der Waals surface area contributed by atoms with Gasteiger partial charge in [-0.1, -0.05) is 21.0 Å². The normalized spacial score (nSPS) is 10.2. The number of anilines is 2. The summed E-state index contributed by atoms with van der Waals surface area (Å²) < 4.78 is 10.4. The number of carbonyl (C=O) groups excluding carboxylic acids is 3. The second-order valence-corrected chi connectivity index (χ2v) is 6.89. The number of alkyl halides is 1. The molecule has 32 heavy (non-hydrogen) atoms. The third-order valence-corrected chi connectivity index (χ3v) is 4.50. The van der Waals surface area contributed by atoms with E-state index in [4.69, 9.17) is 15.0 Å². The zero-order valence-corrected chi connectivity index (χ0v) is 18.7. The van der Waals surface area contributed by atoms with Crippen LogP contribution in [-0.2, 0) is 19.1 Å². The summed E-state index contributed by atoms with van der Waals surface area (Å²) in [6, 6.07) is 13.1. The third-order valence-electron chi connectivity index (χ3n) is 3.99. The Balaban J connectivity index is 1.77. The summed E-state index contributed by atoms with van der Waals surface area (Å²) in [5.41, 5.74) is 10.2. The smallest absolute Gasteiger partial charge is 0.250 e. The molecular formula is C21H22BrN5O5. The number of ketones is 1. The lowest BCUT2D eigenvalue weighted by molar-refractivity contribution is -0.121. The largest absolute Gasteiger partial charge is 0.379 e. The molecule has 0 aromatic heterocycles. The molecule has 2 amide bonds. The first-order chi connectivity index (χ1) is 15.5. The maximum atomic E-state index is 12.6. The van der Waals surface area contributed by atoms with Gasteiger partial charge in [0.1, 0.15) is 6.61 Å².